The Kier molecular flexibility index (Phi) is 8.99. The lowest BCUT2D eigenvalue weighted by molar-refractivity contribution is 0.0169. The van der Waals surface area contributed by atoms with Crippen LogP contribution >= 0.6 is 11.3 Å². The van der Waals surface area contributed by atoms with Crippen molar-refractivity contribution in [1.29, 1.82) is 0 Å². The van der Waals surface area contributed by atoms with Crippen molar-refractivity contribution < 1.29 is 14.2 Å². The number of benzene rings is 1. The molecule has 0 amide bonds. The highest BCUT2D eigenvalue weighted by molar-refractivity contribution is 7.10. The van der Waals surface area contributed by atoms with Gasteiger partial charge in [-0.3, -0.25) is 4.90 Å². The zero-order valence-corrected chi connectivity index (χ0v) is 19.8. The molecule has 3 rings (SSSR count). The fourth-order valence-electron chi connectivity index (χ4n) is 3.66. The van der Waals surface area contributed by atoms with Crippen LogP contribution in [0.2, 0.25) is 0 Å². The van der Waals surface area contributed by atoms with E-state index in [0.29, 0.717) is 6.54 Å². The van der Waals surface area contributed by atoms with Gasteiger partial charge in [-0.2, -0.15) is 0 Å². The lowest BCUT2D eigenvalue weighted by Gasteiger charge is -2.35. The summed E-state index contributed by atoms with van der Waals surface area (Å²) in [6, 6.07) is 8.46. The number of ether oxygens (including phenoxy) is 3. The highest BCUT2D eigenvalue weighted by atomic mass is 32.1. The number of nitrogens with zero attached hydrogens (tertiary/aromatic N) is 2. The monoisotopic (exact) mass is 446 g/mol. The van der Waals surface area contributed by atoms with Gasteiger partial charge in [-0.05, 0) is 48.6 Å². The van der Waals surface area contributed by atoms with Gasteiger partial charge in [-0.1, -0.05) is 6.07 Å². The topological polar surface area (TPSA) is 67.4 Å². The van der Waals surface area contributed by atoms with E-state index in [1.807, 2.05) is 6.07 Å². The Morgan fingerprint density at radius 2 is 1.94 bits per heavy atom. The average Bonchev–Trinajstić information content (AvgIpc) is 3.22. The largest absolute Gasteiger partial charge is 0.493 e. The minimum atomic E-state index is 0.163. The zero-order chi connectivity index (χ0) is 22.1. The van der Waals surface area contributed by atoms with E-state index in [1.54, 1.807) is 25.6 Å². The number of nitrogens with one attached hydrogen (secondary N) is 2. The maximum atomic E-state index is 5.58. The number of aryl methyl sites for hydroxylation is 1. The number of methoxy groups -OCH3 is 2. The number of rotatable bonds is 9. The second kappa shape index (κ2) is 11.9. The number of thiophene rings is 1. The Morgan fingerprint density at radius 1 is 1.16 bits per heavy atom. The van der Waals surface area contributed by atoms with E-state index in [0.717, 1.165) is 56.9 Å². The summed E-state index contributed by atoms with van der Waals surface area (Å²) < 4.78 is 16.5. The highest BCUT2D eigenvalue weighted by Gasteiger charge is 2.24. The standard InChI is InChI=1S/C23H34N4O3S/c1-5-24-23(26-16-22-17(2)8-13-31-22)25-15-19(27-9-11-30-12-10-27)18-6-7-20(28-3)21(14-18)29-4/h6-8,13-14,19H,5,9-12,15-16H2,1-4H3,(H2,24,25,26). The molecule has 0 spiro atoms. The number of hydrogen-bond donors (Lipinski definition) is 2. The first-order chi connectivity index (χ1) is 15.2. The first-order valence-electron chi connectivity index (χ1n) is 10.7. The SMILES string of the molecule is CCNC(=NCc1sccc1C)NCC(c1ccc(OC)c(OC)c1)N1CCOCC1. The Bertz CT molecular complexity index is 849. The first-order valence-corrected chi connectivity index (χ1v) is 11.6. The van der Waals surface area contributed by atoms with Gasteiger partial charge >= 0.3 is 0 Å². The minimum absolute atomic E-state index is 0.163. The maximum Gasteiger partial charge on any atom is 0.191 e. The summed E-state index contributed by atoms with van der Waals surface area (Å²) in [5, 5.41) is 9.04. The summed E-state index contributed by atoms with van der Waals surface area (Å²) >= 11 is 1.75. The number of guanidine groups is 1. The summed E-state index contributed by atoms with van der Waals surface area (Å²) in [5.74, 6) is 2.31. The van der Waals surface area contributed by atoms with E-state index >= 15 is 0 Å². The molecule has 170 valence electrons. The zero-order valence-electron chi connectivity index (χ0n) is 18.9. The van der Waals surface area contributed by atoms with Crippen molar-refractivity contribution >= 4 is 17.3 Å². The van der Waals surface area contributed by atoms with E-state index in [1.165, 1.54) is 16.0 Å². The van der Waals surface area contributed by atoms with Crippen molar-refractivity contribution in [3.05, 3.63) is 45.6 Å². The molecule has 2 N–H and O–H groups in total. The molecule has 0 aliphatic carbocycles. The molecule has 1 fully saturated rings. The van der Waals surface area contributed by atoms with Crippen LogP contribution in [0.1, 0.15) is 29.0 Å². The normalized spacial score (nSPS) is 16.1. The summed E-state index contributed by atoms with van der Waals surface area (Å²) in [5.41, 5.74) is 2.47. The molecule has 1 aromatic carbocycles. The third kappa shape index (κ3) is 6.35. The Labute approximate surface area is 189 Å². The molecule has 2 aromatic rings. The molecule has 1 saturated heterocycles. The van der Waals surface area contributed by atoms with Gasteiger partial charge in [0.2, 0.25) is 0 Å². The van der Waals surface area contributed by atoms with Gasteiger partial charge in [0.05, 0.1) is 40.0 Å². The molecular formula is C23H34N4O3S. The molecule has 0 saturated carbocycles. The molecule has 1 unspecified atom stereocenters. The van der Waals surface area contributed by atoms with Crippen molar-refractivity contribution in [2.24, 2.45) is 4.99 Å². The van der Waals surface area contributed by atoms with Crippen LogP contribution in [0.4, 0.5) is 0 Å². The Hall–Kier alpha value is -2.29. The lowest BCUT2D eigenvalue weighted by Crippen LogP contribution is -2.46. The molecule has 31 heavy (non-hydrogen) atoms. The summed E-state index contributed by atoms with van der Waals surface area (Å²) in [6.45, 7) is 9.71. The van der Waals surface area contributed by atoms with Gasteiger partial charge in [0.1, 0.15) is 0 Å². The third-order valence-corrected chi connectivity index (χ3v) is 6.44. The smallest absolute Gasteiger partial charge is 0.191 e. The van der Waals surface area contributed by atoms with Gasteiger partial charge in [-0.25, -0.2) is 4.99 Å². The van der Waals surface area contributed by atoms with E-state index in [9.17, 15) is 0 Å². The second-order valence-corrected chi connectivity index (χ2v) is 8.38. The first kappa shape index (κ1) is 23.4. The van der Waals surface area contributed by atoms with Crippen molar-refractivity contribution in [3.63, 3.8) is 0 Å². The predicted molar refractivity (Wildman–Crippen MR) is 127 cm³/mol. The number of aliphatic imine (C=N–C) groups is 1. The van der Waals surface area contributed by atoms with E-state index < -0.39 is 0 Å². The molecule has 0 bridgehead atoms. The van der Waals surface area contributed by atoms with Crippen LogP contribution in [-0.2, 0) is 11.3 Å². The average molecular weight is 447 g/mol. The molecule has 1 atom stereocenters. The van der Waals surface area contributed by atoms with Crippen LogP contribution in [0.25, 0.3) is 0 Å². The quantitative estimate of drug-likeness (QED) is 0.456. The summed E-state index contributed by atoms with van der Waals surface area (Å²) in [4.78, 5) is 8.55. The van der Waals surface area contributed by atoms with Gasteiger partial charge in [0, 0.05) is 31.1 Å². The van der Waals surface area contributed by atoms with Gasteiger partial charge in [0.25, 0.3) is 0 Å². The van der Waals surface area contributed by atoms with Crippen LogP contribution in [0, 0.1) is 6.92 Å². The summed E-state index contributed by atoms with van der Waals surface area (Å²) in [7, 11) is 3.33. The van der Waals surface area contributed by atoms with Crippen LogP contribution in [0.3, 0.4) is 0 Å². The molecule has 1 aliphatic heterocycles. The summed E-state index contributed by atoms with van der Waals surface area (Å²) in [6.07, 6.45) is 0. The molecular weight excluding hydrogens is 412 g/mol. The van der Waals surface area contributed by atoms with Crippen molar-refractivity contribution in [2.45, 2.75) is 26.4 Å². The second-order valence-electron chi connectivity index (χ2n) is 7.38. The van der Waals surface area contributed by atoms with Crippen LogP contribution in [0.5, 0.6) is 11.5 Å². The van der Waals surface area contributed by atoms with E-state index in [2.05, 4.69) is 53.0 Å². The van der Waals surface area contributed by atoms with Gasteiger partial charge in [0.15, 0.2) is 17.5 Å². The fraction of sp³-hybridized carbons (Fsp3) is 0.522. The van der Waals surface area contributed by atoms with Crippen molar-refractivity contribution in [2.75, 3.05) is 53.6 Å². The van der Waals surface area contributed by atoms with Crippen LogP contribution < -0.4 is 20.1 Å². The highest BCUT2D eigenvalue weighted by Crippen LogP contribution is 2.32. The van der Waals surface area contributed by atoms with Crippen LogP contribution in [0.15, 0.2) is 34.6 Å². The van der Waals surface area contributed by atoms with Gasteiger partial charge in [-0.15, -0.1) is 11.3 Å². The van der Waals surface area contributed by atoms with Crippen molar-refractivity contribution in [1.82, 2.24) is 15.5 Å². The molecule has 7 nitrogen and oxygen atoms in total. The molecule has 0 radical (unpaired) electrons. The van der Waals surface area contributed by atoms with Gasteiger partial charge < -0.3 is 24.8 Å². The molecule has 1 aromatic heterocycles. The van der Waals surface area contributed by atoms with Crippen LogP contribution in [-0.4, -0.2) is 64.5 Å². The molecule has 2 heterocycles. The Morgan fingerprint density at radius 3 is 2.58 bits per heavy atom. The molecule has 1 aliphatic rings. The number of morpholine rings is 1. The van der Waals surface area contributed by atoms with Crippen molar-refractivity contribution in [3.8, 4) is 11.5 Å². The third-order valence-electron chi connectivity index (χ3n) is 5.43. The number of hydrogen-bond acceptors (Lipinski definition) is 6. The maximum absolute atomic E-state index is 5.58. The fourth-order valence-corrected chi connectivity index (χ4v) is 4.49. The Balaban J connectivity index is 1.78. The minimum Gasteiger partial charge on any atom is -0.493 e. The predicted octanol–water partition coefficient (Wildman–Crippen LogP) is 3.20. The van der Waals surface area contributed by atoms with E-state index in [4.69, 9.17) is 19.2 Å². The lowest BCUT2D eigenvalue weighted by atomic mass is 10.0. The van der Waals surface area contributed by atoms with E-state index in [-0.39, 0.29) is 6.04 Å². The molecule has 8 heteroatoms.